The molecule has 2 aromatic carbocycles. The number of carbonyl (C=O) groups is 1. The summed E-state index contributed by atoms with van der Waals surface area (Å²) < 4.78 is 7.98. The number of carbonyl (C=O) groups excluding carboxylic acids is 1. The molecule has 0 spiro atoms. The molecule has 0 N–H and O–H groups in total. The largest absolute Gasteiger partial charge is 0.484 e. The fourth-order valence-corrected chi connectivity index (χ4v) is 4.42. The molecule has 1 amide bonds. The molecule has 3 aromatic rings. The smallest absolute Gasteiger partial charge is 0.233 e. The maximum atomic E-state index is 12.8. The van der Waals surface area contributed by atoms with E-state index in [1.807, 2.05) is 60.4 Å². The lowest BCUT2D eigenvalue weighted by Crippen LogP contribution is -2.31. The number of halogens is 1. The van der Waals surface area contributed by atoms with E-state index in [2.05, 4.69) is 14.8 Å². The normalized spacial score (nSPS) is 13.2. The van der Waals surface area contributed by atoms with E-state index in [4.69, 9.17) is 16.3 Å². The zero-order valence-electron chi connectivity index (χ0n) is 17.4. The lowest BCUT2D eigenvalue weighted by atomic mass is 10.2. The molecule has 6 nitrogen and oxygen atoms in total. The fraction of sp³-hybridized carbons (Fsp3) is 0.348. The van der Waals surface area contributed by atoms with Crippen LogP contribution in [0.3, 0.4) is 0 Å². The van der Waals surface area contributed by atoms with Crippen molar-refractivity contribution in [2.75, 3.05) is 12.3 Å². The second-order valence-corrected chi connectivity index (χ2v) is 8.75. The van der Waals surface area contributed by atoms with Crippen LogP contribution in [0.4, 0.5) is 0 Å². The van der Waals surface area contributed by atoms with Gasteiger partial charge in [0.2, 0.25) is 5.91 Å². The molecular formula is C23H25ClN4O2S. The van der Waals surface area contributed by atoms with Gasteiger partial charge < -0.3 is 9.64 Å². The van der Waals surface area contributed by atoms with Crippen molar-refractivity contribution in [3.05, 3.63) is 71.0 Å². The van der Waals surface area contributed by atoms with Gasteiger partial charge in [0.15, 0.2) is 11.0 Å². The van der Waals surface area contributed by atoms with E-state index in [1.54, 1.807) is 6.07 Å². The van der Waals surface area contributed by atoms with Crippen LogP contribution in [0, 0.1) is 0 Å². The van der Waals surface area contributed by atoms with Crippen molar-refractivity contribution >= 4 is 29.3 Å². The van der Waals surface area contributed by atoms with Gasteiger partial charge in [-0.05, 0) is 37.5 Å². The Morgan fingerprint density at radius 2 is 1.90 bits per heavy atom. The molecular weight excluding hydrogens is 432 g/mol. The highest BCUT2D eigenvalue weighted by Crippen LogP contribution is 2.39. The Morgan fingerprint density at radius 3 is 2.61 bits per heavy atom. The molecule has 0 radical (unpaired) electrons. The van der Waals surface area contributed by atoms with Crippen LogP contribution in [-0.2, 0) is 17.9 Å². The average molecular weight is 457 g/mol. The van der Waals surface area contributed by atoms with Gasteiger partial charge in [-0.15, -0.1) is 10.2 Å². The van der Waals surface area contributed by atoms with Gasteiger partial charge in [0.25, 0.3) is 0 Å². The molecule has 0 aliphatic heterocycles. The number of nitrogens with zero attached hydrogens (tertiary/aromatic N) is 4. The molecule has 162 valence electrons. The van der Waals surface area contributed by atoms with Crippen molar-refractivity contribution in [2.24, 2.45) is 0 Å². The second-order valence-electron chi connectivity index (χ2n) is 7.40. The minimum atomic E-state index is 0.0931. The molecule has 4 rings (SSSR count). The Labute approximate surface area is 191 Å². The number of hydrogen-bond donors (Lipinski definition) is 0. The van der Waals surface area contributed by atoms with E-state index in [0.717, 1.165) is 29.4 Å². The van der Waals surface area contributed by atoms with Gasteiger partial charge in [0, 0.05) is 19.1 Å². The predicted molar refractivity (Wildman–Crippen MR) is 122 cm³/mol. The minimum Gasteiger partial charge on any atom is -0.484 e. The fourth-order valence-electron chi connectivity index (χ4n) is 3.31. The number of benzene rings is 2. The third-order valence-corrected chi connectivity index (χ3v) is 6.36. The van der Waals surface area contributed by atoms with Crippen LogP contribution in [0.5, 0.6) is 5.75 Å². The zero-order valence-corrected chi connectivity index (χ0v) is 19.0. The quantitative estimate of drug-likeness (QED) is 0.402. The minimum absolute atomic E-state index is 0.0931. The molecule has 0 unspecified atom stereocenters. The molecule has 8 heteroatoms. The Kier molecular flexibility index (Phi) is 7.14. The van der Waals surface area contributed by atoms with E-state index in [1.165, 1.54) is 11.8 Å². The summed E-state index contributed by atoms with van der Waals surface area (Å²) in [7, 11) is 0. The predicted octanol–water partition coefficient (Wildman–Crippen LogP) is 4.99. The molecule has 1 heterocycles. The number of rotatable bonds is 10. The average Bonchev–Trinajstić information content (AvgIpc) is 3.55. The van der Waals surface area contributed by atoms with Gasteiger partial charge in [0.05, 0.1) is 10.8 Å². The summed E-state index contributed by atoms with van der Waals surface area (Å²) in [6.07, 6.45) is 2.18. The van der Waals surface area contributed by atoms with Crippen molar-refractivity contribution in [2.45, 2.75) is 44.1 Å². The maximum absolute atomic E-state index is 12.8. The number of thioether (sulfide) groups is 1. The monoisotopic (exact) mass is 456 g/mol. The Bertz CT molecular complexity index is 1020. The lowest BCUT2D eigenvalue weighted by Gasteiger charge is -2.21. The lowest BCUT2D eigenvalue weighted by molar-refractivity contribution is -0.128. The summed E-state index contributed by atoms with van der Waals surface area (Å²) in [6, 6.07) is 17.8. The third kappa shape index (κ3) is 5.60. The van der Waals surface area contributed by atoms with Crippen LogP contribution < -0.4 is 4.74 Å². The summed E-state index contributed by atoms with van der Waals surface area (Å²) in [5, 5.41) is 10.0. The molecule has 0 bridgehead atoms. The Hall–Kier alpha value is -2.51. The van der Waals surface area contributed by atoms with Crippen molar-refractivity contribution in [3.8, 4) is 5.75 Å². The number of hydrogen-bond acceptors (Lipinski definition) is 5. The van der Waals surface area contributed by atoms with Crippen molar-refractivity contribution < 1.29 is 9.53 Å². The topological polar surface area (TPSA) is 60.3 Å². The van der Waals surface area contributed by atoms with Crippen molar-refractivity contribution in [1.29, 1.82) is 0 Å². The summed E-state index contributed by atoms with van der Waals surface area (Å²) in [4.78, 5) is 14.7. The summed E-state index contributed by atoms with van der Waals surface area (Å²) in [5.41, 5.74) is 1.13. The molecule has 0 saturated heterocycles. The van der Waals surface area contributed by atoms with Gasteiger partial charge in [0.1, 0.15) is 12.4 Å². The van der Waals surface area contributed by atoms with Crippen molar-refractivity contribution in [1.82, 2.24) is 19.7 Å². The van der Waals surface area contributed by atoms with Gasteiger partial charge in [-0.2, -0.15) is 0 Å². The summed E-state index contributed by atoms with van der Waals surface area (Å²) in [5.74, 6) is 1.81. The van der Waals surface area contributed by atoms with Crippen LogP contribution in [0.2, 0.25) is 5.02 Å². The van der Waals surface area contributed by atoms with Crippen LogP contribution in [0.1, 0.15) is 37.2 Å². The van der Waals surface area contributed by atoms with Gasteiger partial charge in [-0.1, -0.05) is 65.8 Å². The molecule has 1 saturated carbocycles. The van der Waals surface area contributed by atoms with Crippen LogP contribution in [-0.4, -0.2) is 37.9 Å². The molecule has 1 fully saturated rings. The van der Waals surface area contributed by atoms with E-state index in [9.17, 15) is 4.79 Å². The Balaban J connectivity index is 1.39. The van der Waals surface area contributed by atoms with Gasteiger partial charge in [-0.3, -0.25) is 9.36 Å². The van der Waals surface area contributed by atoms with Crippen molar-refractivity contribution in [3.63, 3.8) is 0 Å². The number of para-hydroxylation sites is 1. The molecule has 0 atom stereocenters. The standard InChI is InChI=1S/C23H25ClN4O2S/c1-2-27(14-17-8-4-3-5-9-17)22(29)16-31-23-26-25-21(28(23)18-12-13-18)15-30-20-11-7-6-10-19(20)24/h3-11,18H,2,12-16H2,1H3. The van der Waals surface area contributed by atoms with Gasteiger partial charge in [-0.25, -0.2) is 0 Å². The maximum Gasteiger partial charge on any atom is 0.233 e. The zero-order chi connectivity index (χ0) is 21.6. The highest BCUT2D eigenvalue weighted by atomic mass is 35.5. The molecule has 1 aliphatic rings. The van der Waals surface area contributed by atoms with E-state index >= 15 is 0 Å². The molecule has 1 aromatic heterocycles. The second kappa shape index (κ2) is 10.2. The van der Waals surface area contributed by atoms with Crippen LogP contribution in [0.25, 0.3) is 0 Å². The first-order valence-electron chi connectivity index (χ1n) is 10.4. The summed E-state index contributed by atoms with van der Waals surface area (Å²) >= 11 is 7.62. The van der Waals surface area contributed by atoms with Crippen LogP contribution >= 0.6 is 23.4 Å². The number of aromatic nitrogens is 3. The number of amides is 1. The first kappa shape index (κ1) is 21.7. The third-order valence-electron chi connectivity index (χ3n) is 5.12. The highest BCUT2D eigenvalue weighted by molar-refractivity contribution is 7.99. The first-order chi connectivity index (χ1) is 15.2. The van der Waals surface area contributed by atoms with Crippen LogP contribution in [0.15, 0.2) is 59.8 Å². The number of ether oxygens (including phenoxy) is 1. The van der Waals surface area contributed by atoms with E-state index in [-0.39, 0.29) is 12.5 Å². The summed E-state index contributed by atoms with van der Waals surface area (Å²) in [6.45, 7) is 3.57. The SMILES string of the molecule is CCN(Cc1ccccc1)C(=O)CSc1nnc(COc2ccccc2Cl)n1C1CC1. The van der Waals surface area contributed by atoms with Gasteiger partial charge >= 0.3 is 0 Å². The molecule has 31 heavy (non-hydrogen) atoms. The molecule has 1 aliphatic carbocycles. The van der Waals surface area contributed by atoms with E-state index < -0.39 is 0 Å². The highest BCUT2D eigenvalue weighted by Gasteiger charge is 2.30. The first-order valence-corrected chi connectivity index (χ1v) is 11.8. The van der Waals surface area contributed by atoms with E-state index in [0.29, 0.717) is 35.7 Å². The Morgan fingerprint density at radius 1 is 1.16 bits per heavy atom.